The van der Waals surface area contributed by atoms with Crippen LogP contribution in [0.2, 0.25) is 0 Å². The molecule has 1 heterocycles. The summed E-state index contributed by atoms with van der Waals surface area (Å²) in [4.78, 5) is 11.6. The first kappa shape index (κ1) is 47.1. The van der Waals surface area contributed by atoms with Gasteiger partial charge in [0.1, 0.15) is 0 Å². The molecule has 0 bridgehead atoms. The number of benzene rings is 10. The first-order valence-corrected chi connectivity index (χ1v) is 28.6. The van der Waals surface area contributed by atoms with Crippen LogP contribution in [0.15, 0.2) is 243 Å². The maximum atomic E-state index is 5.79. The molecule has 0 amide bonds. The Hall–Kier alpha value is -8.98. The lowest BCUT2D eigenvalue weighted by Crippen LogP contribution is -2.32. The van der Waals surface area contributed by atoms with Crippen molar-refractivity contribution < 1.29 is 0 Å². The molecular formula is C78H60N2. The average molecular weight is 1030 g/mol. The molecule has 3 unspecified atom stereocenters. The third-order valence-corrected chi connectivity index (χ3v) is 18.9. The smallest absolute Gasteiger partial charge is 0.0973 e. The highest BCUT2D eigenvalue weighted by molar-refractivity contribution is 5.97. The van der Waals surface area contributed by atoms with Crippen LogP contribution in [0, 0.1) is 5.92 Å². The predicted molar refractivity (Wildman–Crippen MR) is 331 cm³/mol. The van der Waals surface area contributed by atoms with Crippen molar-refractivity contribution in [1.82, 2.24) is 9.97 Å². The van der Waals surface area contributed by atoms with Gasteiger partial charge in [-0.05, 0) is 134 Å². The van der Waals surface area contributed by atoms with Crippen LogP contribution in [0.4, 0.5) is 0 Å². The summed E-state index contributed by atoms with van der Waals surface area (Å²) in [6, 6.07) is 82.7. The SMILES string of the molecule is CC(C)(C)c1ccc(C(C)(C)C)c2nc(-c3ccc(-c4ccc5c(c4)C4(c6ccccc6-5)c5ccccc5C5C=CC=CC54)cc3)c(-c3ccc(-c4ccc5c(c4)C4(c6ccccc6-c6ccccc64)c4ccccc4-5)cc3)nc12. The summed E-state index contributed by atoms with van der Waals surface area (Å²) in [7, 11) is 0. The van der Waals surface area contributed by atoms with Crippen LogP contribution in [-0.2, 0) is 21.7 Å². The fourth-order valence-corrected chi connectivity index (χ4v) is 15.4. The van der Waals surface area contributed by atoms with Gasteiger partial charge in [-0.1, -0.05) is 272 Å². The number of aromatic nitrogens is 2. The lowest BCUT2D eigenvalue weighted by Gasteiger charge is -2.36. The van der Waals surface area contributed by atoms with Crippen molar-refractivity contribution in [3.63, 3.8) is 0 Å². The van der Waals surface area contributed by atoms with Crippen LogP contribution in [0.25, 0.3) is 89.2 Å². The van der Waals surface area contributed by atoms with E-state index in [1.165, 1.54) is 111 Å². The summed E-state index contributed by atoms with van der Waals surface area (Å²) in [5, 5.41) is 0. The summed E-state index contributed by atoms with van der Waals surface area (Å²) < 4.78 is 0. The molecule has 2 heteroatoms. The summed E-state index contributed by atoms with van der Waals surface area (Å²) in [6.07, 6.45) is 9.40. The summed E-state index contributed by atoms with van der Waals surface area (Å²) >= 11 is 0. The Kier molecular flexibility index (Phi) is 9.87. The van der Waals surface area contributed by atoms with Crippen LogP contribution in [0.5, 0.6) is 0 Å². The van der Waals surface area contributed by atoms with Gasteiger partial charge in [0.2, 0.25) is 0 Å². The second-order valence-electron chi connectivity index (χ2n) is 25.1. The Morgan fingerprint density at radius 3 is 1.20 bits per heavy atom. The average Bonchev–Trinajstić information content (AvgIpc) is 4.07. The molecule has 3 atom stereocenters. The van der Waals surface area contributed by atoms with Gasteiger partial charge in [0, 0.05) is 23.0 Å². The fraction of sp³-hybridized carbons (Fsp3) is 0.154. The van der Waals surface area contributed by atoms with E-state index in [1.807, 2.05) is 0 Å². The molecular weight excluding hydrogens is 965 g/mol. The second kappa shape index (κ2) is 16.8. The van der Waals surface area contributed by atoms with Crippen molar-refractivity contribution in [1.29, 1.82) is 0 Å². The summed E-state index contributed by atoms with van der Waals surface area (Å²) in [6.45, 7) is 13.7. The molecule has 1 aromatic heterocycles. The van der Waals surface area contributed by atoms with Crippen molar-refractivity contribution in [2.45, 2.75) is 69.1 Å². The minimum atomic E-state index is -0.401. The van der Waals surface area contributed by atoms with E-state index in [1.54, 1.807) is 0 Å². The summed E-state index contributed by atoms with van der Waals surface area (Å²) in [5.74, 6) is 0.608. The minimum Gasteiger partial charge on any atom is -0.244 e. The number of hydrogen-bond acceptors (Lipinski definition) is 2. The lowest BCUT2D eigenvalue weighted by molar-refractivity contribution is 0.465. The molecule has 5 aliphatic carbocycles. The Bertz CT molecular complexity index is 4430. The monoisotopic (exact) mass is 1020 g/mol. The standard InChI is InChI=1S/C78H60N2/c1-75(2,3)67-43-44-68(76(4,5)6)74-73(67)79-71(49-35-31-47(32-36-49)51-39-41-59-57-23-11-17-29-65(57)77(69(59)45-51)61-25-13-7-19-53(61)54-20-8-14-26-62(54)77)72(80-74)50-37-33-48(34-38-50)52-40-42-60-58-24-12-18-30-66(58)78(70(60)46-52)63-27-15-9-21-55(63)56-22-10-16-28-64(56)78/h7-46,53,61H,1-6H3. The second-order valence-corrected chi connectivity index (χ2v) is 25.1. The van der Waals surface area contributed by atoms with Crippen molar-refractivity contribution in [2.75, 3.05) is 0 Å². The van der Waals surface area contributed by atoms with Gasteiger partial charge >= 0.3 is 0 Å². The molecule has 0 fully saturated rings. The molecule has 5 aliphatic rings. The van der Waals surface area contributed by atoms with Crippen molar-refractivity contribution in [3.05, 3.63) is 298 Å². The van der Waals surface area contributed by atoms with Gasteiger partial charge in [-0.15, -0.1) is 0 Å². The Labute approximate surface area is 469 Å². The van der Waals surface area contributed by atoms with Crippen molar-refractivity contribution in [2.24, 2.45) is 5.92 Å². The Morgan fingerprint density at radius 1 is 0.325 bits per heavy atom. The normalized spacial score (nSPS) is 18.2. The highest BCUT2D eigenvalue weighted by Crippen LogP contribution is 2.66. The number of rotatable bonds is 4. The van der Waals surface area contributed by atoms with Crippen LogP contribution >= 0.6 is 0 Å². The van der Waals surface area contributed by atoms with E-state index in [2.05, 4.69) is 284 Å². The number of hydrogen-bond donors (Lipinski definition) is 0. The van der Waals surface area contributed by atoms with E-state index in [9.17, 15) is 0 Å². The number of allylic oxidation sites excluding steroid dienone is 4. The maximum Gasteiger partial charge on any atom is 0.0973 e. The number of fused-ring (bicyclic) bond motifs is 21. The van der Waals surface area contributed by atoms with E-state index in [4.69, 9.17) is 9.97 Å². The van der Waals surface area contributed by atoms with Gasteiger partial charge in [0.15, 0.2) is 0 Å². The Balaban J connectivity index is 0.828. The fourth-order valence-electron chi connectivity index (χ4n) is 15.4. The molecule has 0 radical (unpaired) electrons. The zero-order chi connectivity index (χ0) is 53.9. The molecule has 10 aromatic carbocycles. The molecule has 0 saturated carbocycles. The third-order valence-electron chi connectivity index (χ3n) is 18.9. The van der Waals surface area contributed by atoms with Crippen LogP contribution < -0.4 is 0 Å². The number of nitrogens with zero attached hydrogens (tertiary/aromatic N) is 2. The van der Waals surface area contributed by atoms with Gasteiger partial charge in [-0.2, -0.15) is 0 Å². The zero-order valence-electron chi connectivity index (χ0n) is 46.1. The van der Waals surface area contributed by atoms with E-state index in [0.29, 0.717) is 5.92 Å². The molecule has 0 N–H and O–H groups in total. The minimum absolute atomic E-state index is 0.153. The van der Waals surface area contributed by atoms with Crippen LogP contribution in [0.3, 0.4) is 0 Å². The molecule has 0 saturated heterocycles. The summed E-state index contributed by atoms with van der Waals surface area (Å²) in [5.41, 5.74) is 31.0. The van der Waals surface area contributed by atoms with Crippen LogP contribution in [0.1, 0.15) is 103 Å². The first-order chi connectivity index (χ1) is 38.9. The molecule has 2 nitrogen and oxygen atoms in total. The lowest BCUT2D eigenvalue weighted by atomic mass is 9.65. The van der Waals surface area contributed by atoms with E-state index >= 15 is 0 Å². The highest BCUT2D eigenvalue weighted by atomic mass is 14.8. The van der Waals surface area contributed by atoms with Crippen molar-refractivity contribution in [3.8, 4) is 78.1 Å². The molecule has 0 aliphatic heterocycles. The highest BCUT2D eigenvalue weighted by Gasteiger charge is 2.57. The van der Waals surface area contributed by atoms with Crippen molar-refractivity contribution >= 4 is 11.0 Å². The molecule has 382 valence electrons. The largest absolute Gasteiger partial charge is 0.244 e. The predicted octanol–water partition coefficient (Wildman–Crippen LogP) is 19.4. The quantitative estimate of drug-likeness (QED) is 0.176. The van der Waals surface area contributed by atoms with Gasteiger partial charge < -0.3 is 0 Å². The van der Waals surface area contributed by atoms with Gasteiger partial charge in [0.05, 0.1) is 33.3 Å². The van der Waals surface area contributed by atoms with Gasteiger partial charge in [-0.25, -0.2) is 9.97 Å². The van der Waals surface area contributed by atoms with Gasteiger partial charge in [-0.3, -0.25) is 0 Å². The van der Waals surface area contributed by atoms with E-state index < -0.39 is 5.41 Å². The molecule has 80 heavy (non-hydrogen) atoms. The first-order valence-electron chi connectivity index (χ1n) is 28.6. The molecule has 16 rings (SSSR count). The maximum absolute atomic E-state index is 5.79. The van der Waals surface area contributed by atoms with Crippen LogP contribution in [-0.4, -0.2) is 9.97 Å². The topological polar surface area (TPSA) is 25.8 Å². The van der Waals surface area contributed by atoms with E-state index in [0.717, 1.165) is 33.5 Å². The Morgan fingerprint density at radius 2 is 0.700 bits per heavy atom. The molecule has 11 aromatic rings. The van der Waals surface area contributed by atoms with Gasteiger partial charge in [0.25, 0.3) is 0 Å². The molecule has 2 spiro atoms. The third kappa shape index (κ3) is 6.36. The van der Waals surface area contributed by atoms with E-state index in [-0.39, 0.29) is 22.2 Å². The zero-order valence-corrected chi connectivity index (χ0v) is 46.1.